The van der Waals surface area contributed by atoms with Crippen LogP contribution in [0, 0.1) is 12.7 Å². The largest absolute Gasteiger partial charge is 0.475 e. The molecule has 0 spiro atoms. The highest BCUT2D eigenvalue weighted by Crippen LogP contribution is 2.39. The number of carbonyl (C=O) groups is 1. The van der Waals surface area contributed by atoms with Crippen molar-refractivity contribution in [2.24, 2.45) is 0 Å². The molecule has 2 amide bonds. The number of amides is 2. The smallest absolute Gasteiger partial charge is 0.317 e. The molecule has 0 radical (unpaired) electrons. The summed E-state index contributed by atoms with van der Waals surface area (Å²) >= 11 is 0. The molecule has 8 nitrogen and oxygen atoms in total. The van der Waals surface area contributed by atoms with E-state index < -0.39 is 17.9 Å². The monoisotopic (exact) mass is 488 g/mol. The summed E-state index contributed by atoms with van der Waals surface area (Å²) in [5, 5.41) is 2.73. The number of ether oxygens (including phenoxy) is 1. The molecular weight excluding hydrogens is 461 g/mol. The van der Waals surface area contributed by atoms with E-state index in [0.717, 1.165) is 0 Å². The number of likely N-dealkylation sites (N-methyl/N-ethyl adjacent to an activating group) is 1. The molecule has 186 valence electrons. The molecule has 11 heteroatoms. The fourth-order valence-electron chi connectivity index (χ4n) is 3.51. The van der Waals surface area contributed by atoms with Crippen molar-refractivity contribution in [2.75, 3.05) is 32.0 Å². The van der Waals surface area contributed by atoms with Crippen LogP contribution in [0.2, 0.25) is 0 Å². The second-order valence-electron chi connectivity index (χ2n) is 7.60. The van der Waals surface area contributed by atoms with Crippen molar-refractivity contribution < 1.29 is 22.7 Å². The van der Waals surface area contributed by atoms with Crippen molar-refractivity contribution >= 4 is 12.0 Å². The predicted molar refractivity (Wildman–Crippen MR) is 127 cm³/mol. The molecule has 0 unspecified atom stereocenters. The number of urea groups is 1. The van der Waals surface area contributed by atoms with E-state index in [-0.39, 0.29) is 36.7 Å². The fourth-order valence-corrected chi connectivity index (χ4v) is 3.51. The van der Waals surface area contributed by atoms with Crippen LogP contribution in [0.25, 0.3) is 22.4 Å². The van der Waals surface area contributed by atoms with Crippen LogP contribution in [0.15, 0.2) is 36.4 Å². The number of aryl methyl sites for hydroxylation is 1. The maximum atomic E-state index is 13.6. The summed E-state index contributed by atoms with van der Waals surface area (Å²) in [4.78, 5) is 26.1. The lowest BCUT2D eigenvalue weighted by Crippen LogP contribution is -2.41. The molecule has 3 rings (SSSR count). The van der Waals surface area contributed by atoms with Gasteiger partial charge in [-0.2, -0.15) is 4.98 Å². The number of pyridine rings is 1. The Bertz CT molecular complexity index is 1170. The number of carbonyl (C=O) groups excluding carboxylic acids is 1. The highest BCUT2D eigenvalue weighted by atomic mass is 19.3. The van der Waals surface area contributed by atoms with Gasteiger partial charge in [-0.25, -0.2) is 22.9 Å². The van der Waals surface area contributed by atoms with E-state index in [1.807, 2.05) is 13.8 Å². The maximum absolute atomic E-state index is 13.6. The molecule has 0 bridgehead atoms. The summed E-state index contributed by atoms with van der Waals surface area (Å²) in [5.41, 5.74) is 7.32. The molecule has 3 aromatic rings. The predicted octanol–water partition coefficient (Wildman–Crippen LogP) is 4.60. The van der Waals surface area contributed by atoms with Gasteiger partial charge in [0.2, 0.25) is 11.8 Å². The van der Waals surface area contributed by atoms with Gasteiger partial charge in [-0.3, -0.25) is 4.98 Å². The van der Waals surface area contributed by atoms with Crippen molar-refractivity contribution in [3.05, 3.63) is 53.6 Å². The number of hydrogen-bond acceptors (Lipinski definition) is 6. The molecule has 2 aromatic heterocycles. The summed E-state index contributed by atoms with van der Waals surface area (Å²) in [6.07, 6.45) is -2.79. The lowest BCUT2D eigenvalue weighted by molar-refractivity contribution is 0.146. The minimum absolute atomic E-state index is 0.0506. The number of benzene rings is 1. The van der Waals surface area contributed by atoms with Crippen LogP contribution < -0.4 is 15.8 Å². The zero-order chi connectivity index (χ0) is 25.5. The highest BCUT2D eigenvalue weighted by molar-refractivity contribution is 5.85. The molecule has 1 aromatic carbocycles. The van der Waals surface area contributed by atoms with E-state index in [1.165, 1.54) is 30.3 Å². The first-order chi connectivity index (χ1) is 16.7. The minimum atomic E-state index is -2.79. The molecule has 35 heavy (non-hydrogen) atoms. The third kappa shape index (κ3) is 6.37. The average molecular weight is 489 g/mol. The minimum Gasteiger partial charge on any atom is -0.475 e. The van der Waals surface area contributed by atoms with Gasteiger partial charge in [0.15, 0.2) is 0 Å². The first-order valence-electron chi connectivity index (χ1n) is 11.1. The van der Waals surface area contributed by atoms with Crippen LogP contribution in [0.5, 0.6) is 5.88 Å². The first-order valence-corrected chi connectivity index (χ1v) is 11.1. The van der Waals surface area contributed by atoms with Crippen LogP contribution in [0.3, 0.4) is 0 Å². The van der Waals surface area contributed by atoms with Gasteiger partial charge in [-0.15, -0.1) is 0 Å². The van der Waals surface area contributed by atoms with E-state index in [0.29, 0.717) is 35.5 Å². The van der Waals surface area contributed by atoms with Crippen molar-refractivity contribution in [2.45, 2.75) is 27.2 Å². The van der Waals surface area contributed by atoms with E-state index in [2.05, 4.69) is 20.3 Å². The quantitative estimate of drug-likeness (QED) is 0.456. The van der Waals surface area contributed by atoms with Crippen molar-refractivity contribution in [3.8, 4) is 28.3 Å². The summed E-state index contributed by atoms with van der Waals surface area (Å²) in [6, 6.07) is 8.12. The number of nitrogens with one attached hydrogen (secondary N) is 1. The van der Waals surface area contributed by atoms with Gasteiger partial charge in [0, 0.05) is 24.3 Å². The highest BCUT2D eigenvalue weighted by Gasteiger charge is 2.22. The van der Waals surface area contributed by atoms with Gasteiger partial charge in [0.25, 0.3) is 6.43 Å². The Morgan fingerprint density at radius 1 is 1.11 bits per heavy atom. The van der Waals surface area contributed by atoms with Crippen LogP contribution in [0.1, 0.15) is 31.7 Å². The standard InChI is InChI=1S/C24H27F3N6O2/c1-4-29-24(34)33(5-2)10-11-35-22-19(16-12-14(3)30-18(13-16)21(26)27)20(31-23(28)32-22)15-6-8-17(25)9-7-15/h6-9,12-13,21H,4-5,10-11H2,1-3H3,(H,29,34)(H2,28,31,32). The summed E-state index contributed by atoms with van der Waals surface area (Å²) < 4.78 is 46.5. The fraction of sp³-hybridized carbons (Fsp3) is 0.333. The average Bonchev–Trinajstić information content (AvgIpc) is 2.81. The first kappa shape index (κ1) is 25.7. The molecule has 3 N–H and O–H groups in total. The Hall–Kier alpha value is -3.89. The molecule has 0 saturated heterocycles. The molecule has 2 heterocycles. The van der Waals surface area contributed by atoms with Gasteiger partial charge in [-0.05, 0) is 62.7 Å². The molecular formula is C24H27F3N6O2. The van der Waals surface area contributed by atoms with Gasteiger partial charge in [0.05, 0.1) is 17.8 Å². The lowest BCUT2D eigenvalue weighted by atomic mass is 9.99. The van der Waals surface area contributed by atoms with Crippen molar-refractivity contribution in [1.82, 2.24) is 25.2 Å². The maximum Gasteiger partial charge on any atom is 0.317 e. The second kappa shape index (κ2) is 11.5. The van der Waals surface area contributed by atoms with Gasteiger partial charge in [-0.1, -0.05) is 0 Å². The number of anilines is 1. The molecule has 0 aliphatic heterocycles. The van der Waals surface area contributed by atoms with Gasteiger partial charge < -0.3 is 20.7 Å². The third-order valence-corrected chi connectivity index (χ3v) is 5.09. The summed E-state index contributed by atoms with van der Waals surface area (Å²) in [5.74, 6) is -0.507. The Morgan fingerprint density at radius 3 is 2.46 bits per heavy atom. The number of nitrogens with two attached hydrogens (primary N) is 1. The normalized spacial score (nSPS) is 10.9. The van der Waals surface area contributed by atoms with Crippen LogP contribution in [0.4, 0.5) is 23.9 Å². The summed E-state index contributed by atoms with van der Waals surface area (Å²) in [6.45, 7) is 6.49. The van der Waals surface area contributed by atoms with Crippen LogP contribution in [-0.4, -0.2) is 52.1 Å². The SMILES string of the molecule is CCNC(=O)N(CC)CCOc1nc(N)nc(-c2ccc(F)cc2)c1-c1cc(C)nc(C(F)F)c1. The van der Waals surface area contributed by atoms with E-state index in [4.69, 9.17) is 10.5 Å². The second-order valence-corrected chi connectivity index (χ2v) is 7.60. The zero-order valence-corrected chi connectivity index (χ0v) is 19.7. The number of nitrogen functional groups attached to an aromatic ring is 1. The Kier molecular flexibility index (Phi) is 8.45. The third-order valence-electron chi connectivity index (χ3n) is 5.09. The molecule has 0 saturated carbocycles. The Balaban J connectivity index is 2.08. The number of alkyl halides is 2. The number of nitrogens with zero attached hydrogens (tertiary/aromatic N) is 4. The van der Waals surface area contributed by atoms with Gasteiger partial charge in [0.1, 0.15) is 18.1 Å². The topological polar surface area (TPSA) is 106 Å². The lowest BCUT2D eigenvalue weighted by Gasteiger charge is -2.22. The van der Waals surface area contributed by atoms with E-state index in [9.17, 15) is 18.0 Å². The zero-order valence-electron chi connectivity index (χ0n) is 19.7. The number of halogens is 3. The molecule has 0 aliphatic rings. The molecule has 0 fully saturated rings. The van der Waals surface area contributed by atoms with Gasteiger partial charge >= 0.3 is 6.03 Å². The van der Waals surface area contributed by atoms with Crippen molar-refractivity contribution in [3.63, 3.8) is 0 Å². The summed E-state index contributed by atoms with van der Waals surface area (Å²) in [7, 11) is 0. The Labute approximate surface area is 201 Å². The number of rotatable bonds is 9. The van der Waals surface area contributed by atoms with Crippen LogP contribution in [-0.2, 0) is 0 Å². The van der Waals surface area contributed by atoms with E-state index in [1.54, 1.807) is 17.9 Å². The molecule has 0 aliphatic carbocycles. The number of aromatic nitrogens is 3. The Morgan fingerprint density at radius 2 is 1.83 bits per heavy atom. The van der Waals surface area contributed by atoms with Crippen LogP contribution >= 0.6 is 0 Å². The molecule has 0 atom stereocenters. The van der Waals surface area contributed by atoms with E-state index >= 15 is 0 Å². The number of hydrogen-bond donors (Lipinski definition) is 2. The van der Waals surface area contributed by atoms with Crippen molar-refractivity contribution in [1.29, 1.82) is 0 Å².